The van der Waals surface area contributed by atoms with Crippen molar-refractivity contribution in [3.63, 3.8) is 0 Å². The van der Waals surface area contributed by atoms with Crippen LogP contribution in [0, 0.1) is 0 Å². The third kappa shape index (κ3) is 4.41. The van der Waals surface area contributed by atoms with Crippen molar-refractivity contribution in [2.24, 2.45) is 0 Å². The van der Waals surface area contributed by atoms with E-state index in [-0.39, 0.29) is 30.6 Å². The van der Waals surface area contributed by atoms with Crippen LogP contribution < -0.4 is 21.1 Å². The van der Waals surface area contributed by atoms with E-state index in [0.717, 1.165) is 62.9 Å². The van der Waals surface area contributed by atoms with Gasteiger partial charge in [-0.1, -0.05) is 12.8 Å². The van der Waals surface area contributed by atoms with Gasteiger partial charge in [0.1, 0.15) is 11.5 Å². The van der Waals surface area contributed by atoms with Crippen molar-refractivity contribution < 1.29 is 5.11 Å². The van der Waals surface area contributed by atoms with Crippen LogP contribution >= 0.6 is 12.4 Å². The summed E-state index contributed by atoms with van der Waals surface area (Å²) < 4.78 is 1.75. The summed E-state index contributed by atoms with van der Waals surface area (Å²) in [6.45, 7) is 3.61. The number of hydrogen-bond acceptors (Lipinski definition) is 8. The monoisotopic (exact) mass is 457 g/mol. The molecule has 2 fully saturated rings. The summed E-state index contributed by atoms with van der Waals surface area (Å²) in [5.74, 6) is 1.05. The number of piperazine rings is 1. The highest BCUT2D eigenvalue weighted by molar-refractivity contribution is 5.85. The highest BCUT2D eigenvalue weighted by Crippen LogP contribution is 2.31. The second kappa shape index (κ2) is 9.81. The van der Waals surface area contributed by atoms with E-state index < -0.39 is 0 Å². The molecule has 1 saturated heterocycles. The summed E-state index contributed by atoms with van der Waals surface area (Å²) in [7, 11) is 0. The van der Waals surface area contributed by atoms with Crippen molar-refractivity contribution in [2.75, 3.05) is 36.4 Å². The molecule has 170 valence electrons. The van der Waals surface area contributed by atoms with E-state index in [1.54, 1.807) is 16.8 Å². The van der Waals surface area contributed by atoms with E-state index in [1.807, 2.05) is 18.3 Å². The maximum Gasteiger partial charge on any atom is 0.258 e. The first kappa shape index (κ1) is 22.4. The average Bonchev–Trinajstić information content (AvgIpc) is 3.34. The van der Waals surface area contributed by atoms with Crippen molar-refractivity contribution in [3.05, 3.63) is 46.5 Å². The summed E-state index contributed by atoms with van der Waals surface area (Å²) in [6.07, 6.45) is 7.65. The number of hydrogen-bond donors (Lipinski definition) is 3. The van der Waals surface area contributed by atoms with Crippen molar-refractivity contribution in [2.45, 2.75) is 38.3 Å². The molecular weight excluding hydrogens is 430 g/mol. The molecule has 3 aromatic heterocycles. The van der Waals surface area contributed by atoms with Crippen LogP contribution in [0.4, 0.5) is 17.5 Å². The lowest BCUT2D eigenvalue weighted by molar-refractivity contribution is 0.279. The van der Waals surface area contributed by atoms with E-state index in [0.29, 0.717) is 23.0 Å². The molecule has 0 aromatic carbocycles. The van der Waals surface area contributed by atoms with Gasteiger partial charge < -0.3 is 20.6 Å². The summed E-state index contributed by atoms with van der Waals surface area (Å²) in [5.41, 5.74) is 1.92. The van der Waals surface area contributed by atoms with Crippen LogP contribution in [0.5, 0.6) is 0 Å². The molecule has 0 bridgehead atoms. The van der Waals surface area contributed by atoms with Gasteiger partial charge in [0.2, 0.25) is 5.95 Å². The van der Waals surface area contributed by atoms with Crippen molar-refractivity contribution in [3.8, 4) is 0 Å². The molecule has 1 aliphatic heterocycles. The predicted octanol–water partition coefficient (Wildman–Crippen LogP) is 2.37. The zero-order valence-corrected chi connectivity index (χ0v) is 18.6. The quantitative estimate of drug-likeness (QED) is 0.536. The fourth-order valence-electron chi connectivity index (χ4n) is 4.54. The van der Waals surface area contributed by atoms with Crippen LogP contribution in [0.2, 0.25) is 0 Å². The molecule has 3 N–H and O–H groups in total. The normalized spacial score (nSPS) is 16.8. The maximum absolute atomic E-state index is 13.0. The summed E-state index contributed by atoms with van der Waals surface area (Å²) in [4.78, 5) is 28.9. The van der Waals surface area contributed by atoms with Crippen LogP contribution in [0.3, 0.4) is 0 Å². The van der Waals surface area contributed by atoms with E-state index in [2.05, 4.69) is 30.5 Å². The smallest absolute Gasteiger partial charge is 0.258 e. The van der Waals surface area contributed by atoms with Gasteiger partial charge in [0, 0.05) is 49.4 Å². The third-order valence-corrected chi connectivity index (χ3v) is 6.18. The minimum atomic E-state index is -0.287. The number of fused-ring (bicyclic) bond motifs is 1. The Morgan fingerprint density at radius 1 is 1.12 bits per heavy atom. The zero-order valence-electron chi connectivity index (χ0n) is 17.8. The molecular formula is C22H28ClN7O2. The van der Waals surface area contributed by atoms with Crippen molar-refractivity contribution in [1.29, 1.82) is 0 Å². The molecule has 2 aliphatic rings. The van der Waals surface area contributed by atoms with Crippen LogP contribution in [0.1, 0.15) is 37.3 Å². The number of pyridine rings is 2. The van der Waals surface area contributed by atoms with Gasteiger partial charge in [0.25, 0.3) is 5.56 Å². The Kier molecular flexibility index (Phi) is 6.88. The SMILES string of the molecule is Cl.O=c1c(CO)cc2cnc(Nc3ccc(N4CCNCC4)cn3)nc2n1C1CCCC1. The van der Waals surface area contributed by atoms with E-state index in [1.165, 1.54) is 0 Å². The molecule has 32 heavy (non-hydrogen) atoms. The Bertz CT molecular complexity index is 1120. The third-order valence-electron chi connectivity index (χ3n) is 6.18. The lowest BCUT2D eigenvalue weighted by Crippen LogP contribution is -2.43. The lowest BCUT2D eigenvalue weighted by atomic mass is 10.2. The van der Waals surface area contributed by atoms with E-state index in [4.69, 9.17) is 0 Å². The zero-order chi connectivity index (χ0) is 21.2. The number of halogens is 1. The Labute approximate surface area is 192 Å². The van der Waals surface area contributed by atoms with Crippen LogP contribution in [0.25, 0.3) is 11.0 Å². The fourth-order valence-corrected chi connectivity index (χ4v) is 4.54. The lowest BCUT2D eigenvalue weighted by Gasteiger charge is -2.29. The van der Waals surface area contributed by atoms with Gasteiger partial charge in [-0.15, -0.1) is 12.4 Å². The van der Waals surface area contributed by atoms with Gasteiger partial charge in [-0.2, -0.15) is 4.98 Å². The summed E-state index contributed by atoms with van der Waals surface area (Å²) in [6, 6.07) is 5.77. The molecule has 1 saturated carbocycles. The van der Waals surface area contributed by atoms with Gasteiger partial charge in [-0.05, 0) is 31.0 Å². The van der Waals surface area contributed by atoms with Crippen molar-refractivity contribution in [1.82, 2.24) is 24.8 Å². The average molecular weight is 458 g/mol. The minimum absolute atomic E-state index is 0. The number of nitrogens with one attached hydrogen (secondary N) is 2. The molecule has 3 aromatic rings. The highest BCUT2D eigenvalue weighted by atomic mass is 35.5. The molecule has 5 rings (SSSR count). The molecule has 0 unspecified atom stereocenters. The molecule has 0 spiro atoms. The summed E-state index contributed by atoms with van der Waals surface area (Å²) in [5, 5.41) is 16.9. The van der Waals surface area contributed by atoms with Gasteiger partial charge in [-0.3, -0.25) is 9.36 Å². The van der Waals surface area contributed by atoms with Gasteiger partial charge in [0.05, 0.1) is 18.5 Å². The number of aromatic nitrogens is 4. The number of anilines is 3. The molecule has 0 atom stereocenters. The van der Waals surface area contributed by atoms with Crippen LogP contribution in [0.15, 0.2) is 35.4 Å². The Morgan fingerprint density at radius 3 is 2.59 bits per heavy atom. The maximum atomic E-state index is 13.0. The first-order valence-electron chi connectivity index (χ1n) is 10.9. The molecule has 0 amide bonds. The molecule has 1 aliphatic carbocycles. The molecule has 10 heteroatoms. The Morgan fingerprint density at radius 2 is 1.91 bits per heavy atom. The molecule has 4 heterocycles. The molecule has 9 nitrogen and oxygen atoms in total. The Balaban J connectivity index is 0.00000245. The number of nitrogens with zero attached hydrogens (tertiary/aromatic N) is 5. The minimum Gasteiger partial charge on any atom is -0.391 e. The van der Waals surface area contributed by atoms with Gasteiger partial charge >= 0.3 is 0 Å². The highest BCUT2D eigenvalue weighted by Gasteiger charge is 2.22. The molecule has 0 radical (unpaired) electrons. The predicted molar refractivity (Wildman–Crippen MR) is 127 cm³/mol. The number of aliphatic hydroxyl groups excluding tert-OH is 1. The Hall–Kier alpha value is -2.75. The van der Waals surface area contributed by atoms with E-state index in [9.17, 15) is 9.90 Å². The second-order valence-corrected chi connectivity index (χ2v) is 8.18. The largest absolute Gasteiger partial charge is 0.391 e. The standard InChI is InChI=1S/C22H27N7O2.ClH/c30-14-16-11-15-12-25-22(27-20(15)29(21(16)31)17-3-1-2-4-17)26-19-6-5-18(13-24-19)28-9-7-23-8-10-28;/h5-6,11-13,17,23,30H,1-4,7-10,14H2,(H,24,25,26,27);1H. The van der Waals surface area contributed by atoms with E-state index >= 15 is 0 Å². The topological polar surface area (TPSA) is 108 Å². The number of aliphatic hydroxyl groups is 1. The second-order valence-electron chi connectivity index (χ2n) is 8.18. The first-order valence-corrected chi connectivity index (χ1v) is 10.9. The van der Waals surface area contributed by atoms with Crippen LogP contribution in [-0.2, 0) is 6.61 Å². The van der Waals surface area contributed by atoms with Gasteiger partial charge in [0.15, 0.2) is 0 Å². The summed E-state index contributed by atoms with van der Waals surface area (Å²) >= 11 is 0. The van der Waals surface area contributed by atoms with Crippen LogP contribution in [-0.4, -0.2) is 50.8 Å². The fraction of sp³-hybridized carbons (Fsp3) is 0.455. The van der Waals surface area contributed by atoms with Gasteiger partial charge in [-0.25, -0.2) is 9.97 Å². The number of rotatable bonds is 5. The first-order chi connectivity index (χ1) is 15.2. The van der Waals surface area contributed by atoms with Crippen molar-refractivity contribution >= 4 is 40.9 Å².